The molecule has 0 aliphatic rings. The molecule has 0 spiro atoms. The molecule has 1 aromatic carbocycles. The molecule has 1 N–H and O–H groups in total. The molecule has 2 aromatic rings. The Hall–Kier alpha value is -2.28. The van der Waals surface area contributed by atoms with Crippen LogP contribution >= 0.6 is 11.3 Å². The summed E-state index contributed by atoms with van der Waals surface area (Å²) in [6.07, 6.45) is 0.394. The number of hydrogen-bond donors (Lipinski definition) is 1. The van der Waals surface area contributed by atoms with E-state index in [0.717, 1.165) is 18.6 Å². The number of ether oxygens (including phenoxy) is 1. The fourth-order valence-electron chi connectivity index (χ4n) is 2.01. The molecule has 0 saturated carbocycles. The maximum Gasteiger partial charge on any atom is 0.306 e. The molecule has 1 aromatic heterocycles. The summed E-state index contributed by atoms with van der Waals surface area (Å²) in [5.74, 6) is -3.09. The van der Waals surface area contributed by atoms with E-state index in [1.807, 2.05) is 17.5 Å². The first-order valence-corrected chi connectivity index (χ1v) is 8.32. The number of carbonyl (C=O) groups excluding carboxylic acids is 2. The standard InChI is InChI=1S/C17H17F2NO3S/c1-11(17(22)20-16-13(18)7-3-8-14(16)19)23-15(21)9-2-5-12-6-4-10-24-12/h3-4,6-8,10-11H,2,5,9H2,1H3,(H,20,22). The van der Waals surface area contributed by atoms with Crippen LogP contribution in [0.1, 0.15) is 24.6 Å². The molecule has 0 fully saturated rings. The van der Waals surface area contributed by atoms with Gasteiger partial charge in [0.2, 0.25) is 0 Å². The third-order valence-electron chi connectivity index (χ3n) is 3.27. The third-order valence-corrected chi connectivity index (χ3v) is 4.21. The second-order valence-corrected chi connectivity index (χ2v) is 6.18. The van der Waals surface area contributed by atoms with Gasteiger partial charge < -0.3 is 10.1 Å². The van der Waals surface area contributed by atoms with Gasteiger partial charge in [-0.25, -0.2) is 8.78 Å². The summed E-state index contributed by atoms with van der Waals surface area (Å²) >= 11 is 1.61. The lowest BCUT2D eigenvalue weighted by Crippen LogP contribution is -2.30. The molecule has 128 valence electrons. The number of anilines is 1. The highest BCUT2D eigenvalue weighted by atomic mass is 32.1. The van der Waals surface area contributed by atoms with Gasteiger partial charge in [0.1, 0.15) is 17.3 Å². The van der Waals surface area contributed by atoms with Gasteiger partial charge >= 0.3 is 5.97 Å². The number of aryl methyl sites for hydroxylation is 1. The molecule has 0 radical (unpaired) electrons. The molecule has 0 bridgehead atoms. The maximum atomic E-state index is 13.5. The molecule has 24 heavy (non-hydrogen) atoms. The number of nitrogens with one attached hydrogen (secondary N) is 1. The van der Waals surface area contributed by atoms with Gasteiger partial charge in [-0.2, -0.15) is 0 Å². The number of para-hydroxylation sites is 1. The van der Waals surface area contributed by atoms with Crippen molar-refractivity contribution in [2.75, 3.05) is 5.32 Å². The molecular weight excluding hydrogens is 336 g/mol. The first-order valence-electron chi connectivity index (χ1n) is 7.44. The van der Waals surface area contributed by atoms with Gasteiger partial charge in [-0.15, -0.1) is 11.3 Å². The molecule has 1 heterocycles. The van der Waals surface area contributed by atoms with Crippen molar-refractivity contribution in [3.8, 4) is 0 Å². The molecular formula is C17H17F2NO3S. The quantitative estimate of drug-likeness (QED) is 0.768. The Balaban J connectivity index is 1.79. The van der Waals surface area contributed by atoms with E-state index in [0.29, 0.717) is 6.42 Å². The molecule has 1 atom stereocenters. The minimum absolute atomic E-state index is 0.170. The zero-order chi connectivity index (χ0) is 17.5. The van der Waals surface area contributed by atoms with Gasteiger partial charge in [-0.1, -0.05) is 12.1 Å². The van der Waals surface area contributed by atoms with Crippen LogP contribution in [0.4, 0.5) is 14.5 Å². The first kappa shape index (κ1) is 18.1. The van der Waals surface area contributed by atoms with Crippen LogP contribution in [0.15, 0.2) is 35.7 Å². The minimum atomic E-state index is -1.14. The molecule has 1 amide bonds. The number of hydrogen-bond acceptors (Lipinski definition) is 4. The van der Waals surface area contributed by atoms with Gasteiger partial charge in [0.25, 0.3) is 5.91 Å². The number of carbonyl (C=O) groups is 2. The summed E-state index contributed by atoms with van der Waals surface area (Å²) in [6, 6.07) is 7.17. The Morgan fingerprint density at radius 3 is 2.54 bits per heavy atom. The van der Waals surface area contributed by atoms with Crippen molar-refractivity contribution in [1.82, 2.24) is 0 Å². The van der Waals surface area contributed by atoms with Crippen molar-refractivity contribution >= 4 is 28.9 Å². The number of halogens is 2. The van der Waals surface area contributed by atoms with Gasteiger partial charge in [-0.3, -0.25) is 9.59 Å². The highest BCUT2D eigenvalue weighted by Gasteiger charge is 2.20. The zero-order valence-electron chi connectivity index (χ0n) is 13.1. The van der Waals surface area contributed by atoms with Crippen molar-refractivity contribution in [2.45, 2.75) is 32.3 Å². The normalized spacial score (nSPS) is 11.8. The Bertz CT molecular complexity index is 684. The predicted molar refractivity (Wildman–Crippen MR) is 87.8 cm³/mol. The van der Waals surface area contributed by atoms with Crippen LogP contribution in [0.25, 0.3) is 0 Å². The van der Waals surface area contributed by atoms with E-state index in [4.69, 9.17) is 4.74 Å². The smallest absolute Gasteiger partial charge is 0.306 e. The zero-order valence-corrected chi connectivity index (χ0v) is 13.9. The van der Waals surface area contributed by atoms with Gasteiger partial charge in [-0.05, 0) is 43.3 Å². The van der Waals surface area contributed by atoms with Crippen molar-refractivity contribution in [3.05, 3.63) is 52.2 Å². The lowest BCUT2D eigenvalue weighted by atomic mass is 10.2. The lowest BCUT2D eigenvalue weighted by molar-refractivity contribution is -0.153. The molecule has 0 aliphatic heterocycles. The average molecular weight is 353 g/mol. The SMILES string of the molecule is CC(OC(=O)CCCc1cccs1)C(=O)Nc1c(F)cccc1F. The Morgan fingerprint density at radius 1 is 1.21 bits per heavy atom. The summed E-state index contributed by atoms with van der Waals surface area (Å²) < 4.78 is 31.9. The van der Waals surface area contributed by atoms with Crippen LogP contribution in [0.5, 0.6) is 0 Å². The highest BCUT2D eigenvalue weighted by Crippen LogP contribution is 2.18. The molecule has 4 nitrogen and oxygen atoms in total. The predicted octanol–water partition coefficient (Wildman–Crippen LogP) is 3.92. The Labute approximate surface area is 142 Å². The fraction of sp³-hybridized carbons (Fsp3) is 0.294. The number of amides is 1. The number of esters is 1. The van der Waals surface area contributed by atoms with E-state index >= 15 is 0 Å². The minimum Gasteiger partial charge on any atom is -0.453 e. The second kappa shape index (κ2) is 8.54. The van der Waals surface area contributed by atoms with Crippen LogP contribution in [0, 0.1) is 11.6 Å². The summed E-state index contributed by atoms with van der Waals surface area (Å²) in [5, 5.41) is 4.06. The van der Waals surface area contributed by atoms with E-state index in [-0.39, 0.29) is 6.42 Å². The fourth-order valence-corrected chi connectivity index (χ4v) is 2.76. The third kappa shape index (κ3) is 5.13. The van der Waals surface area contributed by atoms with Crippen LogP contribution in [-0.2, 0) is 20.7 Å². The van der Waals surface area contributed by atoms with Crippen LogP contribution < -0.4 is 5.32 Å². The highest BCUT2D eigenvalue weighted by molar-refractivity contribution is 7.09. The largest absolute Gasteiger partial charge is 0.453 e. The van der Waals surface area contributed by atoms with Crippen molar-refractivity contribution in [3.63, 3.8) is 0 Å². The van der Waals surface area contributed by atoms with Crippen molar-refractivity contribution in [1.29, 1.82) is 0 Å². The van der Waals surface area contributed by atoms with Crippen LogP contribution in [-0.4, -0.2) is 18.0 Å². The summed E-state index contributed by atoms with van der Waals surface area (Å²) in [7, 11) is 0. The van der Waals surface area contributed by atoms with Crippen LogP contribution in [0.2, 0.25) is 0 Å². The van der Waals surface area contributed by atoms with Crippen molar-refractivity contribution in [2.24, 2.45) is 0 Å². The second-order valence-electron chi connectivity index (χ2n) is 5.15. The summed E-state index contributed by atoms with van der Waals surface area (Å²) in [6.45, 7) is 1.35. The van der Waals surface area contributed by atoms with E-state index in [9.17, 15) is 18.4 Å². The Morgan fingerprint density at radius 2 is 1.92 bits per heavy atom. The van der Waals surface area contributed by atoms with E-state index < -0.39 is 35.3 Å². The topological polar surface area (TPSA) is 55.4 Å². The van der Waals surface area contributed by atoms with E-state index in [1.165, 1.54) is 17.9 Å². The summed E-state index contributed by atoms with van der Waals surface area (Å²) in [5.41, 5.74) is -0.553. The van der Waals surface area contributed by atoms with Crippen molar-refractivity contribution < 1.29 is 23.1 Å². The average Bonchev–Trinajstić information content (AvgIpc) is 3.04. The molecule has 0 aliphatic carbocycles. The van der Waals surface area contributed by atoms with E-state index in [1.54, 1.807) is 11.3 Å². The van der Waals surface area contributed by atoms with Crippen LogP contribution in [0.3, 0.4) is 0 Å². The number of thiophene rings is 1. The van der Waals surface area contributed by atoms with E-state index in [2.05, 4.69) is 5.32 Å². The maximum absolute atomic E-state index is 13.5. The number of rotatable bonds is 7. The number of benzene rings is 1. The molecule has 2 rings (SSSR count). The monoisotopic (exact) mass is 353 g/mol. The Kier molecular flexibility index (Phi) is 6.43. The molecule has 7 heteroatoms. The summed E-state index contributed by atoms with van der Waals surface area (Å²) in [4.78, 5) is 24.8. The molecule has 0 saturated heterocycles. The lowest BCUT2D eigenvalue weighted by Gasteiger charge is -2.14. The van der Waals surface area contributed by atoms with Gasteiger partial charge in [0.05, 0.1) is 0 Å². The first-order chi connectivity index (χ1) is 11.5. The van der Waals surface area contributed by atoms with Gasteiger partial charge in [0, 0.05) is 11.3 Å². The van der Waals surface area contributed by atoms with Gasteiger partial charge in [0.15, 0.2) is 6.10 Å². The molecule has 1 unspecified atom stereocenters.